The normalized spacial score (nSPS) is 17.3. The molecule has 2 aromatic rings. The number of nitrogens with one attached hydrogen (secondary N) is 1. The van der Waals surface area contributed by atoms with Crippen molar-refractivity contribution in [1.82, 2.24) is 14.7 Å². The van der Waals surface area contributed by atoms with Gasteiger partial charge in [0.15, 0.2) is 0 Å². The summed E-state index contributed by atoms with van der Waals surface area (Å²) in [6.07, 6.45) is -1.70. The van der Waals surface area contributed by atoms with E-state index in [1.54, 1.807) is 11.1 Å². The molecular formula is C17H18ClF3N4O2S. The van der Waals surface area contributed by atoms with E-state index in [2.05, 4.69) is 14.7 Å². The van der Waals surface area contributed by atoms with E-state index in [9.17, 15) is 21.6 Å². The van der Waals surface area contributed by atoms with E-state index in [-0.39, 0.29) is 0 Å². The van der Waals surface area contributed by atoms with E-state index in [1.807, 2.05) is 14.1 Å². The third kappa shape index (κ3) is 4.39. The fourth-order valence-electron chi connectivity index (χ4n) is 2.99. The number of hydrogen-bond acceptors (Lipinski definition) is 5. The van der Waals surface area contributed by atoms with Crippen LogP contribution in [-0.4, -0.2) is 38.5 Å². The van der Waals surface area contributed by atoms with Crippen molar-refractivity contribution in [1.29, 1.82) is 0 Å². The van der Waals surface area contributed by atoms with Crippen LogP contribution in [0, 0.1) is 0 Å². The van der Waals surface area contributed by atoms with Crippen molar-refractivity contribution in [3.05, 3.63) is 46.2 Å². The Kier molecular flexibility index (Phi) is 5.57. The molecule has 6 nitrogen and oxygen atoms in total. The monoisotopic (exact) mass is 434 g/mol. The Morgan fingerprint density at radius 3 is 2.64 bits per heavy atom. The SMILES string of the molecule is CN(C)c1ncc2c(n1)CC[C@@H](NS(=O)(=O)c1ccc(Cl)c(C(F)(F)F)c1)C2. The van der Waals surface area contributed by atoms with Crippen LogP contribution in [0.4, 0.5) is 19.1 Å². The number of nitrogens with zero attached hydrogens (tertiary/aromatic N) is 3. The molecule has 1 aliphatic rings. The van der Waals surface area contributed by atoms with E-state index >= 15 is 0 Å². The number of aryl methyl sites for hydroxylation is 1. The zero-order chi connectivity index (χ0) is 20.7. The molecule has 1 aromatic heterocycles. The van der Waals surface area contributed by atoms with Crippen LogP contribution in [0.1, 0.15) is 23.2 Å². The highest BCUT2D eigenvalue weighted by atomic mass is 35.5. The summed E-state index contributed by atoms with van der Waals surface area (Å²) in [6.45, 7) is 0. The number of benzene rings is 1. The lowest BCUT2D eigenvalue weighted by Crippen LogP contribution is -2.39. The highest BCUT2D eigenvalue weighted by molar-refractivity contribution is 7.89. The molecule has 3 rings (SSSR count). The minimum Gasteiger partial charge on any atom is -0.347 e. The molecular weight excluding hydrogens is 417 g/mol. The Hall–Kier alpha value is -1.91. The van der Waals surface area contributed by atoms with Crippen molar-refractivity contribution in [3.63, 3.8) is 0 Å². The van der Waals surface area contributed by atoms with E-state index in [0.29, 0.717) is 31.3 Å². The Morgan fingerprint density at radius 2 is 2.00 bits per heavy atom. The van der Waals surface area contributed by atoms with Gasteiger partial charge in [0.1, 0.15) is 0 Å². The molecule has 0 amide bonds. The minimum atomic E-state index is -4.74. The van der Waals surface area contributed by atoms with Gasteiger partial charge in [-0.25, -0.2) is 23.1 Å². The minimum absolute atomic E-state index is 0.363. The van der Waals surface area contributed by atoms with Gasteiger partial charge in [0.25, 0.3) is 0 Å². The molecule has 1 aliphatic carbocycles. The predicted molar refractivity (Wildman–Crippen MR) is 98.9 cm³/mol. The van der Waals surface area contributed by atoms with E-state index in [4.69, 9.17) is 11.6 Å². The molecule has 0 radical (unpaired) electrons. The molecule has 0 saturated carbocycles. The highest BCUT2D eigenvalue weighted by Gasteiger charge is 2.35. The van der Waals surface area contributed by atoms with Crippen molar-refractivity contribution >= 4 is 27.6 Å². The summed E-state index contributed by atoms with van der Waals surface area (Å²) >= 11 is 5.56. The Labute approximate surface area is 165 Å². The number of halogens is 4. The van der Waals surface area contributed by atoms with Crippen LogP contribution < -0.4 is 9.62 Å². The summed E-state index contributed by atoms with van der Waals surface area (Å²) in [5.41, 5.74) is 0.479. The highest BCUT2D eigenvalue weighted by Crippen LogP contribution is 2.36. The molecule has 0 bridgehead atoms. The Morgan fingerprint density at radius 1 is 1.29 bits per heavy atom. The quantitative estimate of drug-likeness (QED) is 0.800. The molecule has 1 aromatic carbocycles. The summed E-state index contributed by atoms with van der Waals surface area (Å²) in [6, 6.07) is 2.08. The first kappa shape index (κ1) is 20.8. The molecule has 1 heterocycles. The molecule has 1 N–H and O–H groups in total. The Balaban J connectivity index is 1.80. The second kappa shape index (κ2) is 7.49. The van der Waals surface area contributed by atoms with Gasteiger partial charge in [-0.1, -0.05) is 11.6 Å². The summed E-state index contributed by atoms with van der Waals surface area (Å²) in [5.74, 6) is 0.568. The number of sulfonamides is 1. The van der Waals surface area contributed by atoms with Gasteiger partial charge in [-0.05, 0) is 43.0 Å². The molecule has 11 heteroatoms. The van der Waals surface area contributed by atoms with Gasteiger partial charge in [-0.15, -0.1) is 0 Å². The van der Waals surface area contributed by atoms with Gasteiger partial charge < -0.3 is 4.90 Å². The first-order chi connectivity index (χ1) is 13.0. The maximum Gasteiger partial charge on any atom is 0.417 e. The lowest BCUT2D eigenvalue weighted by molar-refractivity contribution is -0.137. The number of fused-ring (bicyclic) bond motifs is 1. The molecule has 152 valence electrons. The van der Waals surface area contributed by atoms with Crippen LogP contribution in [0.25, 0.3) is 0 Å². The van der Waals surface area contributed by atoms with Gasteiger partial charge >= 0.3 is 6.18 Å². The van der Waals surface area contributed by atoms with Crippen molar-refractivity contribution in [3.8, 4) is 0 Å². The van der Waals surface area contributed by atoms with Crippen molar-refractivity contribution in [2.75, 3.05) is 19.0 Å². The third-order valence-electron chi connectivity index (χ3n) is 4.41. The average Bonchev–Trinajstić information content (AvgIpc) is 2.60. The molecule has 1 atom stereocenters. The van der Waals surface area contributed by atoms with Crippen LogP contribution in [0.3, 0.4) is 0 Å². The first-order valence-electron chi connectivity index (χ1n) is 8.38. The van der Waals surface area contributed by atoms with E-state index in [1.165, 1.54) is 0 Å². The average molecular weight is 435 g/mol. The topological polar surface area (TPSA) is 75.2 Å². The summed E-state index contributed by atoms with van der Waals surface area (Å²) in [7, 11) is -0.497. The van der Waals surface area contributed by atoms with Crippen LogP contribution in [-0.2, 0) is 29.0 Å². The van der Waals surface area contributed by atoms with Gasteiger partial charge in [-0.2, -0.15) is 13.2 Å². The summed E-state index contributed by atoms with van der Waals surface area (Å²) < 4.78 is 66.7. The smallest absolute Gasteiger partial charge is 0.347 e. The van der Waals surface area contributed by atoms with Crippen LogP contribution in [0.15, 0.2) is 29.3 Å². The number of aromatic nitrogens is 2. The molecule has 0 aliphatic heterocycles. The second-order valence-electron chi connectivity index (χ2n) is 6.74. The van der Waals surface area contributed by atoms with Gasteiger partial charge in [-0.3, -0.25) is 0 Å². The van der Waals surface area contributed by atoms with E-state index < -0.39 is 37.7 Å². The number of alkyl halides is 3. The lowest BCUT2D eigenvalue weighted by Gasteiger charge is -2.25. The van der Waals surface area contributed by atoms with Gasteiger partial charge in [0.2, 0.25) is 16.0 Å². The maximum atomic E-state index is 13.0. The second-order valence-corrected chi connectivity index (χ2v) is 8.86. The van der Waals surface area contributed by atoms with Crippen LogP contribution in [0.2, 0.25) is 5.02 Å². The van der Waals surface area contributed by atoms with Crippen molar-refractivity contribution < 1.29 is 21.6 Å². The molecule has 0 fully saturated rings. The maximum absolute atomic E-state index is 13.0. The fraction of sp³-hybridized carbons (Fsp3) is 0.412. The molecule has 0 spiro atoms. The third-order valence-corrected chi connectivity index (χ3v) is 6.26. The van der Waals surface area contributed by atoms with E-state index in [0.717, 1.165) is 23.4 Å². The zero-order valence-corrected chi connectivity index (χ0v) is 16.7. The predicted octanol–water partition coefficient (Wildman–Crippen LogP) is 3.05. The largest absolute Gasteiger partial charge is 0.417 e. The summed E-state index contributed by atoms with van der Waals surface area (Å²) in [4.78, 5) is 9.97. The molecule has 0 unspecified atom stereocenters. The van der Waals surface area contributed by atoms with Gasteiger partial charge in [0, 0.05) is 32.0 Å². The van der Waals surface area contributed by atoms with Gasteiger partial charge in [0.05, 0.1) is 15.5 Å². The standard InChI is InChI=1S/C17H18ClF3N4O2S/c1-25(2)16-22-9-10-7-11(3-6-15(10)23-16)24-28(26,27)12-4-5-14(18)13(8-12)17(19,20)21/h4-5,8-9,11,24H,3,6-7H2,1-2H3/t11-/m1/s1. The van der Waals surface area contributed by atoms with Crippen LogP contribution in [0.5, 0.6) is 0 Å². The number of hydrogen-bond donors (Lipinski definition) is 1. The first-order valence-corrected chi connectivity index (χ1v) is 10.2. The molecule has 0 saturated heterocycles. The Bertz CT molecular complexity index is 996. The van der Waals surface area contributed by atoms with Crippen LogP contribution >= 0.6 is 11.6 Å². The van der Waals surface area contributed by atoms with Crippen molar-refractivity contribution in [2.24, 2.45) is 0 Å². The van der Waals surface area contributed by atoms with Crippen molar-refractivity contribution in [2.45, 2.75) is 36.4 Å². The number of rotatable bonds is 4. The molecule has 28 heavy (non-hydrogen) atoms. The lowest BCUT2D eigenvalue weighted by atomic mass is 9.94. The summed E-state index contributed by atoms with van der Waals surface area (Å²) in [5, 5.41) is -0.549. The fourth-order valence-corrected chi connectivity index (χ4v) is 4.51. The zero-order valence-electron chi connectivity index (χ0n) is 15.1. The number of anilines is 1.